The number of benzene rings is 1. The third-order valence-corrected chi connectivity index (χ3v) is 4.24. The van der Waals surface area contributed by atoms with Crippen LogP contribution in [0.3, 0.4) is 0 Å². The average Bonchev–Trinajstić information content (AvgIpc) is 3.06. The van der Waals surface area contributed by atoms with Crippen molar-refractivity contribution in [3.05, 3.63) is 29.6 Å². The highest BCUT2D eigenvalue weighted by Gasteiger charge is 2.22. The van der Waals surface area contributed by atoms with E-state index < -0.39 is 0 Å². The van der Waals surface area contributed by atoms with Gasteiger partial charge < -0.3 is 9.47 Å². The van der Waals surface area contributed by atoms with Gasteiger partial charge in [-0.05, 0) is 44.4 Å². The van der Waals surface area contributed by atoms with Crippen LogP contribution in [0.15, 0.2) is 18.2 Å². The van der Waals surface area contributed by atoms with Gasteiger partial charge in [0.25, 0.3) is 0 Å². The molecule has 5 heteroatoms. The molecular weight excluding hydrogens is 286 g/mol. The van der Waals surface area contributed by atoms with Gasteiger partial charge in [0.1, 0.15) is 12.4 Å². The van der Waals surface area contributed by atoms with Gasteiger partial charge in [0.05, 0.1) is 16.4 Å². The largest absolute Gasteiger partial charge is 0.341 e. The van der Waals surface area contributed by atoms with Crippen LogP contribution in [0, 0.1) is 6.92 Å². The molecule has 0 spiro atoms. The Labute approximate surface area is 129 Å². The third-order valence-electron chi connectivity index (χ3n) is 4.04. The van der Waals surface area contributed by atoms with Crippen molar-refractivity contribution in [3.8, 4) is 0 Å². The summed E-state index contributed by atoms with van der Waals surface area (Å²) < 4.78 is 1.97. The number of aromatic nitrogens is 2. The van der Waals surface area contributed by atoms with Crippen molar-refractivity contribution in [2.45, 2.75) is 38.6 Å². The van der Waals surface area contributed by atoms with Crippen molar-refractivity contribution in [3.63, 3.8) is 0 Å². The van der Waals surface area contributed by atoms with E-state index in [1.54, 1.807) is 0 Å². The number of likely N-dealkylation sites (tertiary alicyclic amines) is 1. The molecule has 1 amide bonds. The van der Waals surface area contributed by atoms with Gasteiger partial charge in [-0.25, -0.2) is 4.98 Å². The van der Waals surface area contributed by atoms with Gasteiger partial charge in [-0.3, -0.25) is 4.79 Å². The second kappa shape index (κ2) is 5.68. The van der Waals surface area contributed by atoms with E-state index in [2.05, 4.69) is 4.98 Å². The lowest BCUT2D eigenvalue weighted by Gasteiger charge is -2.17. The molecule has 4 nitrogen and oxygen atoms in total. The zero-order valence-electron chi connectivity index (χ0n) is 12.5. The summed E-state index contributed by atoms with van der Waals surface area (Å²) in [6, 6.07) is 6.11. The number of hydrogen-bond acceptors (Lipinski definition) is 2. The molecule has 112 valence electrons. The molecule has 0 aliphatic carbocycles. The van der Waals surface area contributed by atoms with Gasteiger partial charge in [0.2, 0.25) is 5.91 Å². The maximum absolute atomic E-state index is 12.4. The molecule has 1 aliphatic heterocycles. The molecule has 2 aromatic rings. The fourth-order valence-electron chi connectivity index (χ4n) is 2.93. The Morgan fingerprint density at radius 1 is 1.38 bits per heavy atom. The molecule has 1 aromatic carbocycles. The number of rotatable bonds is 3. The molecule has 0 radical (unpaired) electrons. The Morgan fingerprint density at radius 3 is 2.76 bits per heavy atom. The van der Waals surface area contributed by atoms with Crippen LogP contribution in [-0.4, -0.2) is 33.4 Å². The molecule has 0 saturated carbocycles. The summed E-state index contributed by atoms with van der Waals surface area (Å²) in [5.74, 6) is 0.927. The monoisotopic (exact) mass is 305 g/mol. The Hall–Kier alpha value is -1.55. The van der Waals surface area contributed by atoms with E-state index >= 15 is 0 Å². The highest BCUT2D eigenvalue weighted by atomic mass is 35.5. The quantitative estimate of drug-likeness (QED) is 0.816. The van der Waals surface area contributed by atoms with E-state index in [0.29, 0.717) is 6.54 Å². The van der Waals surface area contributed by atoms with Crippen molar-refractivity contribution in [2.24, 2.45) is 0 Å². The summed E-state index contributed by atoms with van der Waals surface area (Å²) >= 11 is 6.25. The average molecular weight is 306 g/mol. The molecule has 0 N–H and O–H groups in total. The predicted molar refractivity (Wildman–Crippen MR) is 84.6 cm³/mol. The number of halogens is 1. The highest BCUT2D eigenvalue weighted by molar-refractivity contribution is 6.20. The number of hydrogen-bond donors (Lipinski definition) is 0. The topological polar surface area (TPSA) is 38.1 Å². The summed E-state index contributed by atoms with van der Waals surface area (Å²) in [6.07, 6.45) is 2.21. The Bertz CT molecular complexity index is 671. The summed E-state index contributed by atoms with van der Waals surface area (Å²) in [4.78, 5) is 19.0. The van der Waals surface area contributed by atoms with Crippen LogP contribution in [0.2, 0.25) is 0 Å². The van der Waals surface area contributed by atoms with Crippen molar-refractivity contribution >= 4 is 28.5 Å². The van der Waals surface area contributed by atoms with Crippen LogP contribution in [0.1, 0.15) is 36.5 Å². The summed E-state index contributed by atoms with van der Waals surface area (Å²) in [5, 5.41) is -0.218. The van der Waals surface area contributed by atoms with Crippen LogP contribution in [0.5, 0.6) is 0 Å². The fourth-order valence-corrected chi connectivity index (χ4v) is 3.10. The Morgan fingerprint density at radius 2 is 2.10 bits per heavy atom. The van der Waals surface area contributed by atoms with Crippen LogP contribution in [-0.2, 0) is 11.3 Å². The lowest BCUT2D eigenvalue weighted by atomic mass is 10.2. The minimum Gasteiger partial charge on any atom is -0.341 e. The highest BCUT2D eigenvalue weighted by Crippen LogP contribution is 2.25. The number of nitrogens with zero attached hydrogens (tertiary/aromatic N) is 3. The second-order valence-electron chi connectivity index (χ2n) is 5.75. The minimum absolute atomic E-state index is 0.158. The molecule has 1 aromatic heterocycles. The van der Waals surface area contributed by atoms with E-state index in [9.17, 15) is 4.79 Å². The predicted octanol–water partition coefficient (Wildman–Crippen LogP) is 3.27. The molecule has 3 rings (SSSR count). The van der Waals surface area contributed by atoms with Crippen molar-refractivity contribution < 1.29 is 4.79 Å². The van der Waals surface area contributed by atoms with E-state index in [4.69, 9.17) is 11.6 Å². The molecule has 1 aliphatic rings. The maximum atomic E-state index is 12.4. The van der Waals surface area contributed by atoms with Crippen molar-refractivity contribution in [1.29, 1.82) is 0 Å². The van der Waals surface area contributed by atoms with Crippen LogP contribution < -0.4 is 0 Å². The number of carbonyl (C=O) groups excluding carboxylic acids is 1. The number of aryl methyl sites for hydroxylation is 1. The van der Waals surface area contributed by atoms with Crippen LogP contribution in [0.4, 0.5) is 0 Å². The molecule has 2 heterocycles. The lowest BCUT2D eigenvalue weighted by Crippen LogP contribution is -2.31. The standard InChI is InChI=1S/C16H20ClN3O/c1-11-5-6-14-13(9-11)18-16(12(2)17)20(14)10-15(21)19-7-3-4-8-19/h5-6,9,12H,3-4,7-8,10H2,1-2H3. The number of alkyl halides is 1. The summed E-state index contributed by atoms with van der Waals surface area (Å²) in [6.45, 7) is 6.00. The summed E-state index contributed by atoms with van der Waals surface area (Å²) in [5.41, 5.74) is 3.05. The number of fused-ring (bicyclic) bond motifs is 1. The van der Waals surface area contributed by atoms with Crippen molar-refractivity contribution in [2.75, 3.05) is 13.1 Å². The lowest BCUT2D eigenvalue weighted by molar-refractivity contribution is -0.130. The molecule has 21 heavy (non-hydrogen) atoms. The van der Waals surface area contributed by atoms with Crippen LogP contribution >= 0.6 is 11.6 Å². The van der Waals surface area contributed by atoms with E-state index in [1.807, 2.05) is 41.5 Å². The van der Waals surface area contributed by atoms with Gasteiger partial charge in [-0.1, -0.05) is 6.07 Å². The normalized spacial score (nSPS) is 16.6. The first-order valence-corrected chi connectivity index (χ1v) is 7.88. The first kappa shape index (κ1) is 14.4. The molecule has 1 atom stereocenters. The zero-order chi connectivity index (χ0) is 15.0. The summed E-state index contributed by atoms with van der Waals surface area (Å²) in [7, 11) is 0. The fraction of sp³-hybridized carbons (Fsp3) is 0.500. The Balaban J connectivity index is 1.98. The SMILES string of the molecule is Cc1ccc2c(c1)nc(C(C)Cl)n2CC(=O)N1CCCC1. The van der Waals surface area contributed by atoms with E-state index in [0.717, 1.165) is 48.4 Å². The molecule has 0 bridgehead atoms. The molecular formula is C16H20ClN3O. The van der Waals surface area contributed by atoms with Gasteiger partial charge in [-0.2, -0.15) is 0 Å². The second-order valence-corrected chi connectivity index (χ2v) is 6.41. The van der Waals surface area contributed by atoms with Gasteiger partial charge in [0.15, 0.2) is 0 Å². The van der Waals surface area contributed by atoms with Gasteiger partial charge >= 0.3 is 0 Å². The third kappa shape index (κ3) is 2.77. The maximum Gasteiger partial charge on any atom is 0.242 e. The number of carbonyl (C=O) groups is 1. The minimum atomic E-state index is -0.218. The smallest absolute Gasteiger partial charge is 0.242 e. The number of imidazole rings is 1. The van der Waals surface area contributed by atoms with Crippen molar-refractivity contribution in [1.82, 2.24) is 14.5 Å². The van der Waals surface area contributed by atoms with Gasteiger partial charge in [0, 0.05) is 13.1 Å². The molecule has 1 unspecified atom stereocenters. The zero-order valence-corrected chi connectivity index (χ0v) is 13.2. The number of amides is 1. The van der Waals surface area contributed by atoms with E-state index in [1.165, 1.54) is 0 Å². The first-order chi connectivity index (χ1) is 10.1. The van der Waals surface area contributed by atoms with Gasteiger partial charge in [-0.15, -0.1) is 11.6 Å². The molecule has 1 saturated heterocycles. The Kier molecular flexibility index (Phi) is 3.89. The molecule has 1 fully saturated rings. The van der Waals surface area contributed by atoms with E-state index in [-0.39, 0.29) is 11.3 Å². The van der Waals surface area contributed by atoms with Crippen LogP contribution in [0.25, 0.3) is 11.0 Å². The first-order valence-electron chi connectivity index (χ1n) is 7.45.